The quantitative estimate of drug-likeness (QED) is 0.412. The van der Waals surface area contributed by atoms with E-state index in [2.05, 4.69) is 36.8 Å². The Morgan fingerprint density at radius 1 is 1.19 bits per heavy atom. The maximum Gasteiger partial charge on any atom is 0.305 e. The fourth-order valence-corrected chi connectivity index (χ4v) is 2.64. The summed E-state index contributed by atoms with van der Waals surface area (Å²) >= 11 is 0. The molecule has 0 aliphatic heterocycles. The van der Waals surface area contributed by atoms with Crippen molar-refractivity contribution in [1.29, 1.82) is 0 Å². The Kier molecular flexibility index (Phi) is 6.00. The average molecular weight is 363 g/mol. The Hall–Kier alpha value is -3.40. The molecule has 1 N–H and O–H groups in total. The molecule has 27 heavy (non-hydrogen) atoms. The van der Waals surface area contributed by atoms with E-state index < -0.39 is 0 Å². The number of fused-ring (bicyclic) bond motifs is 1. The highest BCUT2D eigenvalue weighted by Gasteiger charge is 2.12. The Balaban J connectivity index is 1.82. The summed E-state index contributed by atoms with van der Waals surface area (Å²) in [4.78, 5) is 24.7. The Morgan fingerprint density at radius 3 is 2.74 bits per heavy atom. The van der Waals surface area contributed by atoms with Crippen LogP contribution in [0.5, 0.6) is 0 Å². The number of anilines is 1. The van der Waals surface area contributed by atoms with Crippen LogP contribution in [0.15, 0.2) is 36.7 Å². The molecule has 2 aromatic heterocycles. The van der Waals surface area contributed by atoms with Crippen LogP contribution in [0.2, 0.25) is 0 Å². The minimum Gasteiger partial charge on any atom is -0.469 e. The number of carbonyl (C=O) groups is 1. The van der Waals surface area contributed by atoms with E-state index in [0.717, 1.165) is 24.1 Å². The third-order valence-electron chi connectivity index (χ3n) is 4.05. The molecule has 7 heteroatoms. The summed E-state index contributed by atoms with van der Waals surface area (Å²) in [6, 6.07) is 9.71. The summed E-state index contributed by atoms with van der Waals surface area (Å²) in [7, 11) is 3.20. The van der Waals surface area contributed by atoms with Gasteiger partial charge in [0, 0.05) is 25.6 Å². The highest BCUT2D eigenvalue weighted by atomic mass is 16.5. The van der Waals surface area contributed by atoms with Crippen LogP contribution in [0.25, 0.3) is 11.2 Å². The first-order valence-electron chi connectivity index (χ1n) is 8.75. The molecule has 3 rings (SSSR count). The number of esters is 1. The van der Waals surface area contributed by atoms with E-state index in [0.29, 0.717) is 30.1 Å². The second-order valence-corrected chi connectivity index (χ2v) is 5.91. The van der Waals surface area contributed by atoms with Crippen LogP contribution in [0, 0.1) is 11.8 Å². The Morgan fingerprint density at radius 2 is 2.00 bits per heavy atom. The lowest BCUT2D eigenvalue weighted by Crippen LogP contribution is -2.04. The van der Waals surface area contributed by atoms with Crippen molar-refractivity contribution in [3.63, 3.8) is 0 Å². The molecular weight excluding hydrogens is 342 g/mol. The Labute approximate surface area is 157 Å². The van der Waals surface area contributed by atoms with Gasteiger partial charge < -0.3 is 14.6 Å². The monoisotopic (exact) mass is 363 g/mol. The fourth-order valence-electron chi connectivity index (χ4n) is 2.64. The van der Waals surface area contributed by atoms with Gasteiger partial charge in [0.2, 0.25) is 5.82 Å². The minimum atomic E-state index is -0.191. The normalized spacial score (nSPS) is 10.3. The number of imidazole rings is 1. The van der Waals surface area contributed by atoms with Gasteiger partial charge in [-0.1, -0.05) is 24.1 Å². The first-order valence-corrected chi connectivity index (χ1v) is 8.75. The van der Waals surface area contributed by atoms with E-state index in [-0.39, 0.29) is 5.97 Å². The van der Waals surface area contributed by atoms with Crippen molar-refractivity contribution in [3.8, 4) is 11.8 Å². The van der Waals surface area contributed by atoms with Crippen LogP contribution in [0.4, 0.5) is 5.82 Å². The fraction of sp³-hybridized carbons (Fsp3) is 0.300. The lowest BCUT2D eigenvalue weighted by atomic mass is 10.2. The molecule has 0 fully saturated rings. The molecule has 0 radical (unpaired) electrons. The minimum absolute atomic E-state index is 0.191. The lowest BCUT2D eigenvalue weighted by Gasteiger charge is -2.05. The van der Waals surface area contributed by atoms with Crippen molar-refractivity contribution in [2.45, 2.75) is 25.8 Å². The van der Waals surface area contributed by atoms with Crippen molar-refractivity contribution in [3.05, 3.63) is 48.0 Å². The zero-order valence-electron chi connectivity index (χ0n) is 15.4. The first kappa shape index (κ1) is 18.4. The molecule has 7 nitrogen and oxygen atoms in total. The second-order valence-electron chi connectivity index (χ2n) is 5.91. The topological polar surface area (TPSA) is 81.9 Å². The number of ether oxygens (including phenoxy) is 1. The zero-order valence-corrected chi connectivity index (χ0v) is 15.4. The maximum atomic E-state index is 11.2. The number of hydrogen-bond donors (Lipinski definition) is 1. The van der Waals surface area contributed by atoms with Crippen LogP contribution in [-0.4, -0.2) is 39.6 Å². The van der Waals surface area contributed by atoms with E-state index in [4.69, 9.17) is 0 Å². The van der Waals surface area contributed by atoms with Gasteiger partial charge in [-0.25, -0.2) is 15.0 Å². The Bertz CT molecular complexity index is 986. The van der Waals surface area contributed by atoms with Crippen LogP contribution < -0.4 is 5.32 Å². The van der Waals surface area contributed by atoms with Crippen LogP contribution in [0.1, 0.15) is 30.7 Å². The molecule has 0 aliphatic carbocycles. The molecule has 0 atom stereocenters. The molecule has 0 aliphatic rings. The molecule has 3 aromatic rings. The summed E-state index contributed by atoms with van der Waals surface area (Å²) in [5.74, 6) is 6.99. The molecule has 0 saturated carbocycles. The number of aryl methyl sites for hydroxylation is 1. The highest BCUT2D eigenvalue weighted by molar-refractivity contribution is 5.83. The molecule has 0 spiro atoms. The molecule has 0 amide bonds. The molecule has 0 unspecified atom stereocenters. The number of nitrogens with zero attached hydrogens (tertiary/aromatic N) is 4. The zero-order chi connectivity index (χ0) is 19.1. The van der Waals surface area contributed by atoms with Crippen molar-refractivity contribution < 1.29 is 9.53 Å². The third kappa shape index (κ3) is 4.61. The summed E-state index contributed by atoms with van der Waals surface area (Å²) in [5, 5.41) is 3.06. The molecule has 0 saturated heterocycles. The van der Waals surface area contributed by atoms with Crippen molar-refractivity contribution in [2.24, 2.45) is 0 Å². The first-order chi connectivity index (χ1) is 13.2. The van der Waals surface area contributed by atoms with Crippen LogP contribution >= 0.6 is 0 Å². The van der Waals surface area contributed by atoms with Gasteiger partial charge in [-0.15, -0.1) is 0 Å². The summed E-state index contributed by atoms with van der Waals surface area (Å²) in [6.45, 7) is 0.708. The molecule has 2 heterocycles. The third-order valence-corrected chi connectivity index (χ3v) is 4.05. The predicted octanol–water partition coefficient (Wildman–Crippen LogP) is 2.61. The van der Waals surface area contributed by atoms with Gasteiger partial charge in [-0.05, 0) is 30.9 Å². The van der Waals surface area contributed by atoms with Gasteiger partial charge in [-0.2, -0.15) is 0 Å². The number of rotatable bonds is 6. The van der Waals surface area contributed by atoms with Gasteiger partial charge >= 0.3 is 5.97 Å². The van der Waals surface area contributed by atoms with Gasteiger partial charge in [0.1, 0.15) is 0 Å². The van der Waals surface area contributed by atoms with Crippen molar-refractivity contribution >= 4 is 23.0 Å². The number of methoxy groups -OCH3 is 1. The summed E-state index contributed by atoms with van der Waals surface area (Å²) in [6.07, 6.45) is 3.72. The largest absolute Gasteiger partial charge is 0.469 e. The van der Waals surface area contributed by atoms with E-state index in [9.17, 15) is 4.79 Å². The maximum absolute atomic E-state index is 11.2. The van der Waals surface area contributed by atoms with Gasteiger partial charge in [0.05, 0.1) is 13.4 Å². The predicted molar refractivity (Wildman–Crippen MR) is 103 cm³/mol. The molecular formula is C20H21N5O2. The summed E-state index contributed by atoms with van der Waals surface area (Å²) < 4.78 is 6.63. The number of carbonyl (C=O) groups excluding carboxylic acids is 1. The average Bonchev–Trinajstić information content (AvgIpc) is 3.12. The van der Waals surface area contributed by atoms with E-state index >= 15 is 0 Å². The summed E-state index contributed by atoms with van der Waals surface area (Å²) in [5.41, 5.74) is 2.34. The number of nitrogens with one attached hydrogen (secondary N) is 1. The number of benzene rings is 1. The number of aromatic nitrogens is 4. The smallest absolute Gasteiger partial charge is 0.305 e. The van der Waals surface area contributed by atoms with E-state index in [1.165, 1.54) is 7.11 Å². The molecule has 138 valence electrons. The van der Waals surface area contributed by atoms with Crippen LogP contribution in [0.3, 0.4) is 0 Å². The standard InChI is InChI=1S/C20H21N5O2/c1-21-19-18-20(25(14-22-18)13-7-6-10-17(26)27-2)24-16(23-19)12-11-15-8-4-3-5-9-15/h3-5,8-9,14H,6-7,10,13H2,1-2H3,(H,21,23,24). The number of unbranched alkanes of at least 4 members (excludes halogenated alkanes) is 1. The van der Waals surface area contributed by atoms with Gasteiger partial charge in [0.25, 0.3) is 0 Å². The van der Waals surface area contributed by atoms with E-state index in [1.54, 1.807) is 13.4 Å². The van der Waals surface area contributed by atoms with E-state index in [1.807, 2.05) is 34.9 Å². The molecule has 0 bridgehead atoms. The number of hydrogen-bond acceptors (Lipinski definition) is 6. The lowest BCUT2D eigenvalue weighted by molar-refractivity contribution is -0.140. The van der Waals surface area contributed by atoms with Crippen molar-refractivity contribution in [2.75, 3.05) is 19.5 Å². The van der Waals surface area contributed by atoms with Crippen LogP contribution in [-0.2, 0) is 16.1 Å². The van der Waals surface area contributed by atoms with Gasteiger partial charge in [0.15, 0.2) is 17.0 Å². The van der Waals surface area contributed by atoms with Gasteiger partial charge in [-0.3, -0.25) is 4.79 Å². The highest BCUT2D eigenvalue weighted by Crippen LogP contribution is 2.19. The second kappa shape index (κ2) is 8.81. The molecule has 1 aromatic carbocycles. The SMILES string of the molecule is CNc1nc(C#Cc2ccccc2)nc2c1ncn2CCCCC(=O)OC. The van der Waals surface area contributed by atoms with Crippen molar-refractivity contribution in [1.82, 2.24) is 19.5 Å².